The van der Waals surface area contributed by atoms with Crippen molar-refractivity contribution >= 4 is 73.7 Å². The predicted molar refractivity (Wildman–Crippen MR) is 115 cm³/mol. The van der Waals surface area contributed by atoms with E-state index in [1.54, 1.807) is 6.07 Å². The number of nitrogen functional groups attached to an aromatic ring is 1. The summed E-state index contributed by atoms with van der Waals surface area (Å²) in [5, 5.41) is 31.0. The number of carboxylic acids is 1. The number of oxime groups is 1. The zero-order chi connectivity index (χ0) is 23.0. The first kappa shape index (κ1) is 25.5. The Morgan fingerprint density at radius 1 is 1.45 bits per heavy atom. The van der Waals surface area contributed by atoms with Crippen LogP contribution in [0.15, 0.2) is 43.1 Å². The number of carboxylic acid groups (broad SMARTS) is 1. The van der Waals surface area contributed by atoms with Gasteiger partial charge in [-0.05, 0) is 27.6 Å². The number of anilines is 1. The summed E-state index contributed by atoms with van der Waals surface area (Å²) in [4.78, 5) is 41.9. The first-order chi connectivity index (χ1) is 15.3. The van der Waals surface area contributed by atoms with E-state index in [1.165, 1.54) is 29.3 Å². The normalized spacial score (nSPS) is 20.3. The molecule has 33 heavy (non-hydrogen) atoms. The van der Waals surface area contributed by atoms with Crippen molar-refractivity contribution in [2.24, 2.45) is 5.16 Å². The van der Waals surface area contributed by atoms with E-state index < -0.39 is 34.9 Å². The van der Waals surface area contributed by atoms with Gasteiger partial charge in [0.25, 0.3) is 11.8 Å². The number of aliphatic carboxylic acids is 1. The number of allylic oxidation sites excluding steroid dienone is 1. The Kier molecular flexibility index (Phi) is 8.02. The Hall–Kier alpha value is -2.17. The number of amides is 2. The smallest absolute Gasteiger partial charge is 0.543 e. The van der Waals surface area contributed by atoms with Crippen molar-refractivity contribution in [3.05, 3.63) is 44.8 Å². The second kappa shape index (κ2) is 10.4. The van der Waals surface area contributed by atoms with Gasteiger partial charge in [-0.3, -0.25) is 14.5 Å². The van der Waals surface area contributed by atoms with E-state index in [4.69, 9.17) is 10.3 Å². The summed E-state index contributed by atoms with van der Waals surface area (Å²) in [6, 6.07) is 0.566. The molecule has 0 spiro atoms. The monoisotopic (exact) mass is 562 g/mol. The molecule has 2 aliphatic heterocycles. The van der Waals surface area contributed by atoms with E-state index in [-0.39, 0.29) is 51.8 Å². The van der Waals surface area contributed by atoms with Gasteiger partial charge in [-0.15, -0.1) is 23.1 Å². The zero-order valence-corrected chi connectivity index (χ0v) is 21.9. The minimum atomic E-state index is -1.53. The van der Waals surface area contributed by atoms with Gasteiger partial charge in [-0.25, -0.2) is 4.98 Å². The summed E-state index contributed by atoms with van der Waals surface area (Å²) in [5.41, 5.74) is 5.22. The molecule has 0 aliphatic carbocycles. The van der Waals surface area contributed by atoms with Crippen molar-refractivity contribution in [1.82, 2.24) is 20.4 Å². The zero-order valence-electron chi connectivity index (χ0n) is 16.7. The van der Waals surface area contributed by atoms with E-state index in [0.717, 1.165) is 16.2 Å². The molecule has 16 heteroatoms. The molecule has 2 aromatic heterocycles. The molecule has 4 heterocycles. The van der Waals surface area contributed by atoms with Gasteiger partial charge >= 0.3 is 29.6 Å². The van der Waals surface area contributed by atoms with Gasteiger partial charge in [0, 0.05) is 17.2 Å². The average molecular weight is 563 g/mol. The number of hydrogen-bond donors (Lipinski definition) is 3. The van der Waals surface area contributed by atoms with Crippen LogP contribution in [0.2, 0.25) is 0 Å². The van der Waals surface area contributed by atoms with E-state index in [9.17, 15) is 24.7 Å². The Morgan fingerprint density at radius 2 is 2.21 bits per heavy atom. The molecule has 166 valence electrons. The largest absolute Gasteiger partial charge is 1.00 e. The van der Waals surface area contributed by atoms with Crippen LogP contribution >= 0.6 is 39.0 Å². The molecule has 12 nitrogen and oxygen atoms in total. The number of carbonyl (C=O) groups excluding carboxylic acids is 3. The van der Waals surface area contributed by atoms with Gasteiger partial charge in [0.1, 0.15) is 21.7 Å². The van der Waals surface area contributed by atoms with Crippen LogP contribution in [0.25, 0.3) is 6.08 Å². The third-order valence-corrected chi connectivity index (χ3v) is 6.86. The van der Waals surface area contributed by atoms with Crippen LogP contribution in [0, 0.1) is 0 Å². The quantitative estimate of drug-likeness (QED) is 0.106. The number of thiazole rings is 1. The van der Waals surface area contributed by atoms with E-state index >= 15 is 0 Å². The SMILES string of the molecule is Nc1nc(/C(=N/O)C(=O)N[C@@H]2C(=O)N3C(C(=O)[O-])=C(/C=C\c4cc(Br)no4)CS[C@H]23)cs1.[Na+]. The summed E-state index contributed by atoms with van der Waals surface area (Å²) in [5.74, 6) is -2.40. The van der Waals surface area contributed by atoms with Crippen molar-refractivity contribution in [2.45, 2.75) is 11.4 Å². The number of β-lactam (4-membered cyclic amide) rings is 1. The van der Waals surface area contributed by atoms with Crippen LogP contribution in [-0.2, 0) is 14.4 Å². The number of fused-ring (bicyclic) bond motifs is 1. The fraction of sp³-hybridized carbons (Fsp3) is 0.176. The molecule has 0 saturated carbocycles. The maximum atomic E-state index is 12.7. The van der Waals surface area contributed by atoms with Crippen molar-refractivity contribution in [3.8, 4) is 0 Å². The van der Waals surface area contributed by atoms with E-state index in [1.807, 2.05) is 0 Å². The molecule has 0 radical (unpaired) electrons. The van der Waals surface area contributed by atoms with Crippen LogP contribution in [0.5, 0.6) is 0 Å². The number of hydrogen-bond acceptors (Lipinski definition) is 12. The Bertz CT molecular complexity index is 1210. The molecule has 2 aliphatic rings. The number of nitrogens with zero attached hydrogens (tertiary/aromatic N) is 4. The molecule has 2 aromatic rings. The number of carbonyl (C=O) groups is 3. The fourth-order valence-corrected chi connectivity index (χ4v) is 5.27. The first-order valence-corrected chi connectivity index (χ1v) is 11.5. The van der Waals surface area contributed by atoms with Crippen molar-refractivity contribution in [2.75, 3.05) is 11.5 Å². The average Bonchev–Trinajstić information content (AvgIpc) is 3.38. The fourth-order valence-electron chi connectivity index (χ4n) is 3.11. The Balaban J connectivity index is 0.00000306. The standard InChI is InChI=1S/C17H13BrN6O6S2.Na/c18-9-3-7(30-23-9)2-1-6-4-31-15-11(14(26)24(15)12(6)16(27)28)21-13(25)10(22-29)8-5-32-17(19)20-8;/h1-3,5,11,15,29H,4H2,(H2,19,20)(H,21,25)(H,27,28);/q;+1/p-1/b2-1-,22-10-;/t11-,15-;/m1./s1. The van der Waals surface area contributed by atoms with Crippen LogP contribution in [0.1, 0.15) is 11.5 Å². The molecule has 0 aromatic carbocycles. The van der Waals surface area contributed by atoms with Crippen molar-refractivity contribution in [1.29, 1.82) is 0 Å². The predicted octanol–water partition coefficient (Wildman–Crippen LogP) is -3.22. The number of halogens is 1. The molecular weight excluding hydrogens is 551 g/mol. The van der Waals surface area contributed by atoms with E-state index in [2.05, 4.69) is 36.5 Å². The molecule has 2 atom stereocenters. The third kappa shape index (κ3) is 5.02. The Morgan fingerprint density at radius 3 is 2.79 bits per heavy atom. The number of nitrogens with two attached hydrogens (primary N) is 1. The summed E-state index contributed by atoms with van der Waals surface area (Å²) >= 11 is 5.45. The minimum absolute atomic E-state index is 0. The molecule has 2 amide bonds. The number of nitrogens with one attached hydrogen (secondary N) is 1. The summed E-state index contributed by atoms with van der Waals surface area (Å²) < 4.78 is 5.50. The topological polar surface area (TPSA) is 187 Å². The van der Waals surface area contributed by atoms with Gasteiger partial charge in [-0.1, -0.05) is 16.4 Å². The molecule has 4 N–H and O–H groups in total. The van der Waals surface area contributed by atoms with Gasteiger partial charge in [0.2, 0.25) is 0 Å². The van der Waals surface area contributed by atoms with Crippen LogP contribution in [-0.4, -0.2) is 60.9 Å². The van der Waals surface area contributed by atoms with Gasteiger partial charge in [0.15, 0.2) is 16.6 Å². The van der Waals surface area contributed by atoms with Crippen molar-refractivity contribution in [3.63, 3.8) is 0 Å². The molecule has 4 rings (SSSR count). The molecular formula is C17H12BrN6NaO6S2. The maximum Gasteiger partial charge on any atom is 1.00 e. The van der Waals surface area contributed by atoms with E-state index in [0.29, 0.717) is 15.9 Å². The number of thioether (sulfide) groups is 1. The second-order valence-electron chi connectivity index (χ2n) is 6.43. The number of rotatable bonds is 6. The third-order valence-electron chi connectivity index (χ3n) is 4.51. The van der Waals surface area contributed by atoms with Gasteiger partial charge < -0.3 is 30.7 Å². The molecule has 0 unspecified atom stereocenters. The molecule has 1 fully saturated rings. The second-order valence-corrected chi connectivity index (χ2v) is 9.23. The van der Waals surface area contributed by atoms with Gasteiger partial charge in [-0.2, -0.15) is 0 Å². The van der Waals surface area contributed by atoms with Crippen LogP contribution in [0.4, 0.5) is 5.13 Å². The first-order valence-electron chi connectivity index (χ1n) is 8.74. The Labute approximate surface area is 224 Å². The van der Waals surface area contributed by atoms with Crippen molar-refractivity contribution < 1.29 is 58.8 Å². The molecule has 0 bridgehead atoms. The summed E-state index contributed by atoms with van der Waals surface area (Å²) in [6.07, 6.45) is 3.02. The molecule has 1 saturated heterocycles. The maximum absolute atomic E-state index is 12.7. The minimum Gasteiger partial charge on any atom is -0.543 e. The van der Waals surface area contributed by atoms with Crippen LogP contribution in [0.3, 0.4) is 0 Å². The van der Waals surface area contributed by atoms with Crippen LogP contribution < -0.4 is 45.7 Å². The van der Waals surface area contributed by atoms with Gasteiger partial charge in [0.05, 0.1) is 11.7 Å². The number of aromatic nitrogens is 2. The summed E-state index contributed by atoms with van der Waals surface area (Å²) in [7, 11) is 0. The summed E-state index contributed by atoms with van der Waals surface area (Å²) in [6.45, 7) is 0.